The third kappa shape index (κ3) is 5.07. The normalized spacial score (nSPS) is 18.8. The van der Waals surface area contributed by atoms with Gasteiger partial charge in [0.15, 0.2) is 0 Å². The summed E-state index contributed by atoms with van der Waals surface area (Å²) in [5.41, 5.74) is 1.29. The van der Waals surface area contributed by atoms with Crippen molar-refractivity contribution in [3.8, 4) is 5.75 Å². The molecule has 1 aromatic carbocycles. The molecule has 0 bridgehead atoms. The number of nitrogens with one attached hydrogen (secondary N) is 1. The number of hydrogen-bond donors (Lipinski definition) is 1. The van der Waals surface area contributed by atoms with Gasteiger partial charge in [0.2, 0.25) is 0 Å². The molecule has 0 radical (unpaired) electrons. The van der Waals surface area contributed by atoms with Crippen molar-refractivity contribution < 1.29 is 4.74 Å². The number of benzene rings is 1. The van der Waals surface area contributed by atoms with Gasteiger partial charge in [-0.05, 0) is 55.5 Å². The highest BCUT2D eigenvalue weighted by Crippen LogP contribution is 2.20. The first-order chi connectivity index (χ1) is 9.24. The maximum atomic E-state index is 6.01. The molecule has 1 aliphatic carbocycles. The van der Waals surface area contributed by atoms with Crippen molar-refractivity contribution in [2.75, 3.05) is 6.54 Å². The Kier molecular flexibility index (Phi) is 5.46. The molecule has 2 rings (SSSR count). The lowest BCUT2D eigenvalue weighted by Crippen LogP contribution is -2.19. The van der Waals surface area contributed by atoms with Crippen LogP contribution >= 0.6 is 0 Å². The van der Waals surface area contributed by atoms with Crippen molar-refractivity contribution in [1.82, 2.24) is 5.32 Å². The largest absolute Gasteiger partial charge is 0.486 e. The van der Waals surface area contributed by atoms with Gasteiger partial charge in [-0.15, -0.1) is 0 Å². The van der Waals surface area contributed by atoms with Gasteiger partial charge in [0.1, 0.15) is 11.9 Å². The number of allylic oxidation sites excluding steroid dienone is 1. The van der Waals surface area contributed by atoms with Gasteiger partial charge in [-0.2, -0.15) is 0 Å². The summed E-state index contributed by atoms with van der Waals surface area (Å²) in [4.78, 5) is 0. The highest BCUT2D eigenvalue weighted by atomic mass is 16.5. The lowest BCUT2D eigenvalue weighted by molar-refractivity contribution is 0.229. The minimum absolute atomic E-state index is 0.257. The van der Waals surface area contributed by atoms with E-state index in [2.05, 4.69) is 49.5 Å². The molecule has 0 spiro atoms. The lowest BCUT2D eigenvalue weighted by atomic mass is 10.1. The molecule has 1 aliphatic rings. The van der Waals surface area contributed by atoms with Crippen molar-refractivity contribution in [2.45, 2.75) is 45.8 Å². The maximum absolute atomic E-state index is 6.01. The van der Waals surface area contributed by atoms with Gasteiger partial charge in [0.25, 0.3) is 0 Å². The van der Waals surface area contributed by atoms with Gasteiger partial charge in [-0.3, -0.25) is 0 Å². The van der Waals surface area contributed by atoms with E-state index in [4.69, 9.17) is 4.74 Å². The molecule has 19 heavy (non-hydrogen) atoms. The van der Waals surface area contributed by atoms with E-state index in [1.807, 2.05) is 6.07 Å². The number of ether oxygens (including phenoxy) is 1. The maximum Gasteiger partial charge on any atom is 0.120 e. The highest BCUT2D eigenvalue weighted by Gasteiger charge is 2.09. The number of hydrogen-bond acceptors (Lipinski definition) is 2. The van der Waals surface area contributed by atoms with Crippen LogP contribution in [0, 0.1) is 5.92 Å². The van der Waals surface area contributed by atoms with E-state index >= 15 is 0 Å². The van der Waals surface area contributed by atoms with Crippen LogP contribution in [0.2, 0.25) is 0 Å². The molecule has 2 nitrogen and oxygen atoms in total. The second-order valence-corrected chi connectivity index (χ2v) is 5.69. The third-order valence-corrected chi connectivity index (χ3v) is 3.28. The first-order valence-corrected chi connectivity index (χ1v) is 7.37. The average Bonchev–Trinajstić information content (AvgIpc) is 2.40. The van der Waals surface area contributed by atoms with E-state index in [-0.39, 0.29) is 6.10 Å². The Morgan fingerprint density at radius 1 is 1.37 bits per heavy atom. The molecular formula is C17H25NO. The van der Waals surface area contributed by atoms with Crippen molar-refractivity contribution >= 4 is 0 Å². The molecule has 2 heteroatoms. The fraction of sp³-hybridized carbons (Fsp3) is 0.529. The molecule has 1 unspecified atom stereocenters. The van der Waals surface area contributed by atoms with Crippen LogP contribution in [0.25, 0.3) is 0 Å². The highest BCUT2D eigenvalue weighted by molar-refractivity contribution is 5.29. The zero-order valence-corrected chi connectivity index (χ0v) is 12.1. The van der Waals surface area contributed by atoms with E-state index in [0.717, 1.165) is 25.3 Å². The molecule has 0 fully saturated rings. The molecular weight excluding hydrogens is 234 g/mol. The summed E-state index contributed by atoms with van der Waals surface area (Å²) in [5, 5.41) is 3.46. The van der Waals surface area contributed by atoms with Crippen LogP contribution in [0.5, 0.6) is 5.75 Å². The van der Waals surface area contributed by atoms with Crippen molar-refractivity contribution in [1.29, 1.82) is 0 Å². The van der Waals surface area contributed by atoms with Crippen LogP contribution in [0.4, 0.5) is 0 Å². The van der Waals surface area contributed by atoms with Crippen molar-refractivity contribution in [2.24, 2.45) is 5.92 Å². The van der Waals surface area contributed by atoms with Gasteiger partial charge in [0, 0.05) is 6.54 Å². The van der Waals surface area contributed by atoms with Crippen LogP contribution in [0.1, 0.15) is 38.7 Å². The van der Waals surface area contributed by atoms with Crippen molar-refractivity contribution in [3.63, 3.8) is 0 Å². The van der Waals surface area contributed by atoms with Gasteiger partial charge >= 0.3 is 0 Å². The molecule has 0 saturated carbocycles. The summed E-state index contributed by atoms with van der Waals surface area (Å²) < 4.78 is 6.01. The molecule has 0 heterocycles. The van der Waals surface area contributed by atoms with Crippen molar-refractivity contribution in [3.05, 3.63) is 42.0 Å². The minimum Gasteiger partial charge on any atom is -0.486 e. The van der Waals surface area contributed by atoms with E-state index in [1.54, 1.807) is 0 Å². The topological polar surface area (TPSA) is 21.3 Å². The van der Waals surface area contributed by atoms with E-state index in [0.29, 0.717) is 5.92 Å². The SMILES string of the molecule is CC(C)CNCc1cccc(OC2C=CCCC2)c1. The lowest BCUT2D eigenvalue weighted by Gasteiger charge is -2.19. The first kappa shape index (κ1) is 14.1. The smallest absolute Gasteiger partial charge is 0.120 e. The molecule has 0 saturated heterocycles. The molecule has 1 N–H and O–H groups in total. The second-order valence-electron chi connectivity index (χ2n) is 5.69. The van der Waals surface area contributed by atoms with Gasteiger partial charge in [-0.25, -0.2) is 0 Å². The quantitative estimate of drug-likeness (QED) is 0.782. The molecule has 1 aromatic rings. The minimum atomic E-state index is 0.257. The van der Waals surface area contributed by atoms with Gasteiger partial charge < -0.3 is 10.1 Å². The summed E-state index contributed by atoms with van der Waals surface area (Å²) in [7, 11) is 0. The van der Waals surface area contributed by atoms with Crippen LogP contribution in [-0.2, 0) is 6.54 Å². The predicted molar refractivity (Wildman–Crippen MR) is 80.4 cm³/mol. The predicted octanol–water partition coefficient (Wildman–Crippen LogP) is 3.92. The zero-order valence-electron chi connectivity index (χ0n) is 12.1. The van der Waals surface area contributed by atoms with Crippen LogP contribution in [0.3, 0.4) is 0 Å². The summed E-state index contributed by atoms with van der Waals surface area (Å²) in [6, 6.07) is 8.43. The summed E-state index contributed by atoms with van der Waals surface area (Å²) >= 11 is 0. The van der Waals surface area contributed by atoms with Gasteiger partial charge in [0.05, 0.1) is 0 Å². The first-order valence-electron chi connectivity index (χ1n) is 7.37. The molecule has 0 aromatic heterocycles. The van der Waals surface area contributed by atoms with Crippen LogP contribution < -0.4 is 10.1 Å². The fourth-order valence-electron chi connectivity index (χ4n) is 2.29. The third-order valence-electron chi connectivity index (χ3n) is 3.28. The standard InChI is InChI=1S/C17H25NO/c1-14(2)12-18-13-15-7-6-10-17(11-15)19-16-8-4-3-5-9-16/h4,6-8,10-11,14,16,18H,3,5,9,12-13H2,1-2H3. The fourth-order valence-corrected chi connectivity index (χ4v) is 2.29. The van der Waals surface area contributed by atoms with Crippen LogP contribution in [0.15, 0.2) is 36.4 Å². The average molecular weight is 259 g/mol. The Bertz CT molecular complexity index is 411. The summed E-state index contributed by atoms with van der Waals surface area (Å²) in [6.45, 7) is 6.41. The van der Waals surface area contributed by atoms with Gasteiger partial charge in [-0.1, -0.05) is 32.1 Å². The van der Waals surface area contributed by atoms with E-state index < -0.39 is 0 Å². The molecule has 0 aliphatic heterocycles. The molecule has 1 atom stereocenters. The second kappa shape index (κ2) is 7.34. The van der Waals surface area contributed by atoms with E-state index in [1.165, 1.54) is 18.4 Å². The monoisotopic (exact) mass is 259 g/mol. The Morgan fingerprint density at radius 3 is 3.00 bits per heavy atom. The summed E-state index contributed by atoms with van der Waals surface area (Å²) in [6.07, 6.45) is 8.23. The zero-order chi connectivity index (χ0) is 13.5. The van der Waals surface area contributed by atoms with Crippen LogP contribution in [-0.4, -0.2) is 12.6 Å². The Morgan fingerprint density at radius 2 is 2.26 bits per heavy atom. The molecule has 104 valence electrons. The number of rotatable bonds is 6. The van der Waals surface area contributed by atoms with E-state index in [9.17, 15) is 0 Å². The molecule has 0 amide bonds. The Balaban J connectivity index is 1.87. The Labute approximate surface area is 116 Å². The summed E-state index contributed by atoms with van der Waals surface area (Å²) in [5.74, 6) is 1.67. The Hall–Kier alpha value is -1.28.